The molecular formula is C16H27N5O5. The van der Waals surface area contributed by atoms with Crippen LogP contribution in [0.5, 0.6) is 0 Å². The second-order valence-electron chi connectivity index (χ2n) is 6.94. The molecule has 1 aromatic heterocycles. The molecule has 1 rings (SSSR count). The van der Waals surface area contributed by atoms with Gasteiger partial charge in [0.25, 0.3) is 5.56 Å². The highest BCUT2D eigenvalue weighted by atomic mass is 16.4. The topological polar surface area (TPSA) is 151 Å². The highest BCUT2D eigenvalue weighted by Gasteiger charge is 2.22. The number of anilines is 2. The Hall–Kier alpha value is -2.78. The van der Waals surface area contributed by atoms with Gasteiger partial charge in [-0.15, -0.1) is 0 Å². The first-order chi connectivity index (χ1) is 12.0. The lowest BCUT2D eigenvalue weighted by atomic mass is 10.2. The maximum Gasteiger partial charge on any atom is 0.330 e. The van der Waals surface area contributed by atoms with Crippen LogP contribution in [-0.2, 0) is 16.1 Å². The summed E-state index contributed by atoms with van der Waals surface area (Å²) in [6, 6.07) is 0. The molecule has 0 unspecified atom stereocenters. The van der Waals surface area contributed by atoms with E-state index < -0.39 is 29.7 Å². The van der Waals surface area contributed by atoms with Gasteiger partial charge in [0.15, 0.2) is 0 Å². The number of carbonyl (C=O) groups excluding carboxylic acids is 1. The molecule has 146 valence electrons. The van der Waals surface area contributed by atoms with Gasteiger partial charge in [0.1, 0.15) is 18.1 Å². The molecule has 26 heavy (non-hydrogen) atoms. The van der Waals surface area contributed by atoms with Crippen molar-refractivity contribution in [3.8, 4) is 0 Å². The number of H-pyrrole nitrogens is 1. The van der Waals surface area contributed by atoms with Crippen LogP contribution in [0.2, 0.25) is 0 Å². The maximum absolute atomic E-state index is 12.4. The second-order valence-corrected chi connectivity index (χ2v) is 6.94. The number of aromatic nitrogens is 2. The Morgan fingerprint density at radius 1 is 1.23 bits per heavy atom. The first kappa shape index (κ1) is 21.3. The number of nitrogens with two attached hydrogens (primary N) is 1. The quantitative estimate of drug-likeness (QED) is 0.455. The van der Waals surface area contributed by atoms with Crippen molar-refractivity contribution in [1.29, 1.82) is 0 Å². The van der Waals surface area contributed by atoms with Crippen molar-refractivity contribution < 1.29 is 14.7 Å². The number of hydrogen-bond donors (Lipinski definition) is 4. The highest BCUT2D eigenvalue weighted by Crippen LogP contribution is 2.18. The molecule has 1 amide bonds. The van der Waals surface area contributed by atoms with Gasteiger partial charge in [-0.05, 0) is 11.8 Å². The summed E-state index contributed by atoms with van der Waals surface area (Å²) in [5.41, 5.74) is 4.83. The molecule has 0 aliphatic rings. The van der Waals surface area contributed by atoms with Gasteiger partial charge >= 0.3 is 11.7 Å². The number of amides is 1. The van der Waals surface area contributed by atoms with E-state index in [1.165, 1.54) is 9.47 Å². The lowest BCUT2D eigenvalue weighted by Crippen LogP contribution is -2.45. The van der Waals surface area contributed by atoms with E-state index in [2.05, 4.69) is 10.3 Å². The number of carboxylic acid groups (broad SMARTS) is 1. The predicted molar refractivity (Wildman–Crippen MR) is 98.3 cm³/mol. The number of nitrogens with one attached hydrogen (secondary N) is 2. The van der Waals surface area contributed by atoms with Gasteiger partial charge in [0.2, 0.25) is 5.91 Å². The smallest absolute Gasteiger partial charge is 0.330 e. The summed E-state index contributed by atoms with van der Waals surface area (Å²) in [5.74, 6) is -1.54. The highest BCUT2D eigenvalue weighted by molar-refractivity contribution is 5.85. The molecule has 0 saturated heterocycles. The van der Waals surface area contributed by atoms with Crippen LogP contribution in [0.25, 0.3) is 0 Å². The third-order valence-electron chi connectivity index (χ3n) is 3.43. The number of hydrogen-bond acceptors (Lipinski definition) is 6. The standard InChI is InChI=1S/C16H27N5O5/c1-9(2)6-20(8-11(22)18-5-12(23)24)13-14(17)21(7-10(3)4)16(26)19-15(13)25/h9-10H,5-8,17H2,1-4H3,(H,18,22)(H,23,24)(H,19,25,26). The van der Waals surface area contributed by atoms with E-state index in [9.17, 15) is 19.2 Å². The molecular weight excluding hydrogens is 342 g/mol. The van der Waals surface area contributed by atoms with Crippen molar-refractivity contribution >= 4 is 23.4 Å². The monoisotopic (exact) mass is 369 g/mol. The first-order valence-corrected chi connectivity index (χ1v) is 8.38. The molecule has 0 radical (unpaired) electrons. The van der Waals surface area contributed by atoms with Crippen molar-refractivity contribution in [2.45, 2.75) is 34.2 Å². The Labute approximate surface area is 151 Å². The zero-order valence-corrected chi connectivity index (χ0v) is 15.5. The Kier molecular flexibility index (Phi) is 7.41. The molecule has 0 aromatic carbocycles. The third-order valence-corrected chi connectivity index (χ3v) is 3.43. The summed E-state index contributed by atoms with van der Waals surface area (Å²) in [6.07, 6.45) is 0. The van der Waals surface area contributed by atoms with E-state index in [1.807, 2.05) is 27.7 Å². The molecule has 1 aromatic rings. The van der Waals surface area contributed by atoms with Crippen LogP contribution < -0.4 is 27.2 Å². The minimum Gasteiger partial charge on any atom is -0.480 e. The zero-order chi connectivity index (χ0) is 20.0. The fourth-order valence-corrected chi connectivity index (χ4v) is 2.51. The lowest BCUT2D eigenvalue weighted by molar-refractivity contribution is -0.137. The van der Waals surface area contributed by atoms with Crippen LogP contribution in [0.15, 0.2) is 9.59 Å². The molecule has 1 heterocycles. The molecule has 0 saturated carbocycles. The summed E-state index contributed by atoms with van der Waals surface area (Å²) >= 11 is 0. The fraction of sp³-hybridized carbons (Fsp3) is 0.625. The molecule has 0 spiro atoms. The Morgan fingerprint density at radius 3 is 2.35 bits per heavy atom. The number of nitrogens with zero attached hydrogens (tertiary/aromatic N) is 2. The molecule has 5 N–H and O–H groups in total. The van der Waals surface area contributed by atoms with E-state index in [0.717, 1.165) is 0 Å². The van der Waals surface area contributed by atoms with Gasteiger partial charge < -0.3 is 21.1 Å². The average molecular weight is 369 g/mol. The van der Waals surface area contributed by atoms with Gasteiger partial charge in [0, 0.05) is 13.1 Å². The molecule has 0 atom stereocenters. The van der Waals surface area contributed by atoms with E-state index in [-0.39, 0.29) is 29.9 Å². The van der Waals surface area contributed by atoms with Crippen LogP contribution in [0.3, 0.4) is 0 Å². The van der Waals surface area contributed by atoms with Crippen molar-refractivity contribution in [2.75, 3.05) is 30.3 Å². The molecule has 0 bridgehead atoms. The first-order valence-electron chi connectivity index (χ1n) is 8.38. The van der Waals surface area contributed by atoms with Gasteiger partial charge in [0.05, 0.1) is 6.54 Å². The van der Waals surface area contributed by atoms with Gasteiger partial charge in [-0.25, -0.2) is 4.79 Å². The molecule has 0 aliphatic carbocycles. The van der Waals surface area contributed by atoms with E-state index >= 15 is 0 Å². The largest absolute Gasteiger partial charge is 0.480 e. The number of aromatic amines is 1. The summed E-state index contributed by atoms with van der Waals surface area (Å²) in [6.45, 7) is 7.48. The Morgan fingerprint density at radius 2 is 1.85 bits per heavy atom. The van der Waals surface area contributed by atoms with E-state index in [4.69, 9.17) is 10.8 Å². The van der Waals surface area contributed by atoms with Gasteiger partial charge in [-0.3, -0.25) is 23.9 Å². The number of carbonyl (C=O) groups is 2. The van der Waals surface area contributed by atoms with Crippen LogP contribution in [0, 0.1) is 11.8 Å². The van der Waals surface area contributed by atoms with Gasteiger partial charge in [-0.2, -0.15) is 0 Å². The SMILES string of the molecule is CC(C)CN(CC(=O)NCC(=O)O)c1c(N)n(CC(C)C)c(=O)[nH]c1=O. The molecule has 10 heteroatoms. The van der Waals surface area contributed by atoms with Crippen LogP contribution >= 0.6 is 0 Å². The average Bonchev–Trinajstić information content (AvgIpc) is 2.48. The van der Waals surface area contributed by atoms with E-state index in [1.54, 1.807) is 0 Å². The number of aliphatic carboxylic acids is 1. The van der Waals surface area contributed by atoms with Crippen molar-refractivity contribution in [3.63, 3.8) is 0 Å². The van der Waals surface area contributed by atoms with Crippen LogP contribution in [0.4, 0.5) is 11.5 Å². The Bertz CT molecular complexity index is 765. The summed E-state index contributed by atoms with van der Waals surface area (Å²) in [5, 5.41) is 10.9. The molecule has 0 aliphatic heterocycles. The lowest BCUT2D eigenvalue weighted by Gasteiger charge is -2.27. The summed E-state index contributed by atoms with van der Waals surface area (Å²) < 4.78 is 1.27. The second kappa shape index (κ2) is 9.07. The van der Waals surface area contributed by atoms with E-state index in [0.29, 0.717) is 13.1 Å². The number of rotatable bonds is 9. The predicted octanol–water partition coefficient (Wildman–Crippen LogP) is -0.562. The minimum absolute atomic E-state index is 0.0147. The molecule has 0 fully saturated rings. The molecule has 10 nitrogen and oxygen atoms in total. The van der Waals surface area contributed by atoms with Crippen molar-refractivity contribution in [3.05, 3.63) is 20.8 Å². The third kappa shape index (κ3) is 5.94. The van der Waals surface area contributed by atoms with Gasteiger partial charge in [-0.1, -0.05) is 27.7 Å². The summed E-state index contributed by atoms with van der Waals surface area (Å²) in [7, 11) is 0. The summed E-state index contributed by atoms with van der Waals surface area (Å²) in [4.78, 5) is 50.7. The normalized spacial score (nSPS) is 11.0. The van der Waals surface area contributed by atoms with Crippen molar-refractivity contribution in [2.24, 2.45) is 11.8 Å². The van der Waals surface area contributed by atoms with Crippen molar-refractivity contribution in [1.82, 2.24) is 14.9 Å². The van der Waals surface area contributed by atoms with Crippen LogP contribution in [0.1, 0.15) is 27.7 Å². The zero-order valence-electron chi connectivity index (χ0n) is 15.5. The number of nitrogen functional groups attached to an aromatic ring is 1. The Balaban J connectivity index is 3.29. The van der Waals surface area contributed by atoms with Crippen LogP contribution in [-0.4, -0.2) is 46.2 Å². The fourth-order valence-electron chi connectivity index (χ4n) is 2.51. The maximum atomic E-state index is 12.4. The minimum atomic E-state index is -1.17. The number of carboxylic acids is 1.